The molecule has 0 atom stereocenters. The molecule has 0 amide bonds. The minimum atomic E-state index is 0.817. The summed E-state index contributed by atoms with van der Waals surface area (Å²) >= 11 is 0. The number of hydrogen-bond acceptors (Lipinski definition) is 6. The van der Waals surface area contributed by atoms with E-state index in [2.05, 4.69) is 249 Å². The number of benzene rings is 4. The predicted octanol–water partition coefficient (Wildman–Crippen LogP) is 16.1. The van der Waals surface area contributed by atoms with Crippen LogP contribution in [0, 0.1) is 83.1 Å². The van der Waals surface area contributed by atoms with Crippen LogP contribution in [0.3, 0.4) is 0 Å². The van der Waals surface area contributed by atoms with Crippen LogP contribution in [-0.4, -0.2) is 32.8 Å². The third kappa shape index (κ3) is 8.26. The van der Waals surface area contributed by atoms with Gasteiger partial charge in [-0.2, -0.15) is 0 Å². The number of allylic oxidation sites excluding steroid dienone is 16. The number of hydrogen-bond donors (Lipinski definition) is 4. The van der Waals surface area contributed by atoms with Crippen molar-refractivity contribution >= 4 is 56.5 Å². The highest BCUT2D eigenvalue weighted by molar-refractivity contribution is 6.44. The van der Waals surface area contributed by atoms with Gasteiger partial charge >= 0.3 is 0 Å². The minimum absolute atomic E-state index is 0.817. The molecule has 8 heteroatoms. The first kappa shape index (κ1) is 50.6. The second kappa shape index (κ2) is 19.0. The molecule has 0 radical (unpaired) electrons. The van der Waals surface area contributed by atoms with E-state index in [1.807, 2.05) is 0 Å². The second-order valence-corrected chi connectivity index (χ2v) is 23.4. The smallest absolute Gasteiger partial charge is 0.0879 e. The second-order valence-electron chi connectivity index (χ2n) is 23.4. The maximum Gasteiger partial charge on any atom is 0.0879 e. The fraction of sp³-hybridized carbons (Fsp3) is 0.162. The van der Waals surface area contributed by atoms with Gasteiger partial charge in [-0.05, 0) is 235 Å². The van der Waals surface area contributed by atoms with Gasteiger partial charge in [-0.3, -0.25) is 0 Å². The summed E-state index contributed by atoms with van der Waals surface area (Å²) in [6.45, 7) is 26.4. The molecule has 6 aromatic rings. The number of aliphatic imine (C=N–C) groups is 4. The number of nitrogens with one attached hydrogen (secondary N) is 4. The molecular formula is C74H64N8. The summed E-state index contributed by atoms with van der Waals surface area (Å²) < 4.78 is 0. The largest absolute Gasteiger partial charge is 0.353 e. The van der Waals surface area contributed by atoms with Crippen LogP contribution in [0.5, 0.6) is 0 Å². The Balaban J connectivity index is 1.09. The van der Waals surface area contributed by atoms with E-state index < -0.39 is 0 Å². The number of nitrogens with zero attached hydrogens (tertiary/aromatic N) is 4. The molecule has 82 heavy (non-hydrogen) atoms. The molecule has 0 saturated heterocycles. The van der Waals surface area contributed by atoms with Crippen molar-refractivity contribution in [3.63, 3.8) is 0 Å². The van der Waals surface area contributed by atoms with Gasteiger partial charge in [0, 0.05) is 56.2 Å². The molecule has 0 saturated carbocycles. The van der Waals surface area contributed by atoms with Crippen LogP contribution in [0.25, 0.3) is 33.7 Å². The van der Waals surface area contributed by atoms with Crippen LogP contribution in [0.1, 0.15) is 112 Å². The van der Waals surface area contributed by atoms with Crippen molar-refractivity contribution in [2.45, 2.75) is 83.1 Å². The Morgan fingerprint density at radius 1 is 0.329 bits per heavy atom. The molecule has 0 aliphatic carbocycles. The predicted molar refractivity (Wildman–Crippen MR) is 342 cm³/mol. The van der Waals surface area contributed by atoms with Gasteiger partial charge in [0.1, 0.15) is 0 Å². The molecule has 4 N–H and O–H groups in total. The fourth-order valence-electron chi connectivity index (χ4n) is 14.0. The SMILES string of the molecule is Cc1cc(C)c(C2=C3C=CC=C(N3)C3=NC(=C(c4c(C)cc(C)cc4C)c4ccc([nH]4)C4=C/C(=C5/C=C6N=C5C(c5c(C)cc(C)cc5C)=C5C=CC=C(N5)C5=NC(=C(c7c(C)cc(C)cc7C)c7ccc6[nH]7)C=C5)C2=N4)C=C3)c(C)c1. The zero-order valence-corrected chi connectivity index (χ0v) is 48.6. The van der Waals surface area contributed by atoms with Crippen LogP contribution in [0.15, 0.2) is 211 Å². The number of aromatic amines is 2. The fourth-order valence-corrected chi connectivity index (χ4v) is 14.0. The molecule has 8 aliphatic heterocycles. The highest BCUT2D eigenvalue weighted by Crippen LogP contribution is 2.46. The first-order valence-corrected chi connectivity index (χ1v) is 28.4. The average Bonchev–Trinajstić information content (AvgIpc) is 3.77. The Kier molecular flexibility index (Phi) is 11.7. The number of aromatic nitrogens is 2. The minimum Gasteiger partial charge on any atom is -0.353 e. The van der Waals surface area contributed by atoms with Crippen LogP contribution >= 0.6 is 0 Å². The molecule has 0 fully saturated rings. The highest BCUT2D eigenvalue weighted by Gasteiger charge is 2.36. The lowest BCUT2D eigenvalue weighted by molar-refractivity contribution is 1.05. The zero-order chi connectivity index (χ0) is 56.6. The molecule has 4 aromatic carbocycles. The molecule has 8 aliphatic rings. The van der Waals surface area contributed by atoms with Crippen LogP contribution < -0.4 is 10.6 Å². The van der Waals surface area contributed by atoms with Gasteiger partial charge in [-0.25, -0.2) is 20.0 Å². The Bertz CT molecular complexity index is 4190. The van der Waals surface area contributed by atoms with Crippen molar-refractivity contribution in [3.05, 3.63) is 303 Å². The lowest BCUT2D eigenvalue weighted by Gasteiger charge is -2.25. The highest BCUT2D eigenvalue weighted by atomic mass is 15.0. The van der Waals surface area contributed by atoms with Crippen molar-refractivity contribution in [2.24, 2.45) is 20.0 Å². The van der Waals surface area contributed by atoms with Crippen molar-refractivity contribution in [3.8, 4) is 0 Å². The van der Waals surface area contributed by atoms with E-state index in [9.17, 15) is 0 Å². The quantitative estimate of drug-likeness (QED) is 0.141. The van der Waals surface area contributed by atoms with Crippen molar-refractivity contribution < 1.29 is 0 Å². The molecule has 14 rings (SSSR count). The molecule has 10 heterocycles. The number of aryl methyl sites for hydroxylation is 12. The topological polar surface area (TPSA) is 105 Å². The maximum absolute atomic E-state index is 5.92. The Labute approximate surface area is 480 Å². The van der Waals surface area contributed by atoms with E-state index in [0.29, 0.717) is 0 Å². The van der Waals surface area contributed by atoms with Gasteiger partial charge in [0.05, 0.1) is 68.4 Å². The number of rotatable bonds is 4. The van der Waals surface area contributed by atoms with Gasteiger partial charge < -0.3 is 20.6 Å². The summed E-state index contributed by atoms with van der Waals surface area (Å²) in [5, 5.41) is 7.95. The molecule has 400 valence electrons. The van der Waals surface area contributed by atoms with E-state index in [-0.39, 0.29) is 0 Å². The lowest BCUT2D eigenvalue weighted by atomic mass is 9.82. The summed E-state index contributed by atoms with van der Waals surface area (Å²) in [5.74, 6) is 0. The van der Waals surface area contributed by atoms with Gasteiger partial charge in [0.2, 0.25) is 0 Å². The van der Waals surface area contributed by atoms with E-state index in [1.165, 1.54) is 55.6 Å². The molecule has 8 nitrogen and oxygen atoms in total. The number of H-pyrrole nitrogens is 2. The first-order chi connectivity index (χ1) is 39.5. The third-order valence-electron chi connectivity index (χ3n) is 16.9. The van der Waals surface area contributed by atoms with E-state index in [0.717, 1.165) is 158 Å². The van der Waals surface area contributed by atoms with Gasteiger partial charge in [-0.15, -0.1) is 0 Å². The Morgan fingerprint density at radius 3 is 0.988 bits per heavy atom. The van der Waals surface area contributed by atoms with Crippen molar-refractivity contribution in [1.29, 1.82) is 0 Å². The number of fused-ring (bicyclic) bond motifs is 16. The van der Waals surface area contributed by atoms with Gasteiger partial charge in [0.25, 0.3) is 0 Å². The summed E-state index contributed by atoms with van der Waals surface area (Å²) in [5.41, 5.74) is 39.1. The average molecular weight is 1070 g/mol. The summed E-state index contributed by atoms with van der Waals surface area (Å²) in [7, 11) is 0. The summed E-state index contributed by atoms with van der Waals surface area (Å²) in [4.78, 5) is 30.7. The van der Waals surface area contributed by atoms with E-state index in [4.69, 9.17) is 20.0 Å². The van der Waals surface area contributed by atoms with Crippen molar-refractivity contribution in [1.82, 2.24) is 20.6 Å². The standard InChI is InChI=1S/C74H64N8/c1-37-27-41(5)65(42(6)28-37)69-59-23-19-53(77-59)51-15-13-17-57(75-51)71(67-45(9)31-39(3)32-46(67)10)73-49(35-63(81-73)55-21-25-61(69)79-55)50-36-64-56-22-26-62(80-56)70(66-43(7)29-38(2)30-44(66)8)60-24-20-54(78-60)52-16-14-18-58(76-52)72(74(50)82-64)68-47(11)33-40(4)34-48(68)12/h13-36,75-76,79-80H,1-12H3/b50-49+,69-59?,70-60?,71-57?,72-58?. The molecule has 2 aromatic heterocycles. The van der Waals surface area contributed by atoms with Crippen molar-refractivity contribution in [2.75, 3.05) is 0 Å². The monoisotopic (exact) mass is 1060 g/mol. The molecule has 0 spiro atoms. The van der Waals surface area contributed by atoms with E-state index >= 15 is 0 Å². The van der Waals surface area contributed by atoms with Crippen LogP contribution in [0.2, 0.25) is 0 Å². The third-order valence-corrected chi connectivity index (χ3v) is 16.9. The van der Waals surface area contributed by atoms with E-state index in [1.54, 1.807) is 0 Å². The number of dihydropyridines is 2. The Hall–Kier alpha value is -9.66. The zero-order valence-electron chi connectivity index (χ0n) is 48.6. The van der Waals surface area contributed by atoms with Gasteiger partial charge in [-0.1, -0.05) is 82.9 Å². The summed E-state index contributed by atoms with van der Waals surface area (Å²) in [6, 6.07) is 27.0. The normalized spacial score (nSPS) is 18.5. The van der Waals surface area contributed by atoms with Crippen LogP contribution in [-0.2, 0) is 0 Å². The molecule has 0 unspecified atom stereocenters. The molecule has 16 bridgehead atoms. The first-order valence-electron chi connectivity index (χ1n) is 28.4. The van der Waals surface area contributed by atoms with Gasteiger partial charge in [0.15, 0.2) is 0 Å². The maximum atomic E-state index is 5.92. The van der Waals surface area contributed by atoms with Crippen LogP contribution in [0.4, 0.5) is 0 Å². The Morgan fingerprint density at radius 2 is 0.646 bits per heavy atom. The summed E-state index contributed by atoms with van der Waals surface area (Å²) in [6.07, 6.45) is 26.1. The molecular weight excluding hydrogens is 1000 g/mol. The lowest BCUT2D eigenvalue weighted by Crippen LogP contribution is -2.24.